The van der Waals surface area contributed by atoms with Gasteiger partial charge < -0.3 is 5.11 Å². The van der Waals surface area contributed by atoms with E-state index in [9.17, 15) is 5.11 Å². The summed E-state index contributed by atoms with van der Waals surface area (Å²) in [5, 5.41) is 10.5. The molecular formula is C12H17ClO. The normalized spacial score (nSPS) is 13.3. The summed E-state index contributed by atoms with van der Waals surface area (Å²) in [5.74, 6) is 0.271. The van der Waals surface area contributed by atoms with E-state index in [0.29, 0.717) is 6.42 Å². The van der Waals surface area contributed by atoms with Crippen LogP contribution in [0.5, 0.6) is 0 Å². The standard InChI is InChI=1S/C12H17ClO/c1-8(2)12(14)7-10-5-4-9(3)6-11(10)13/h4-6,8,12,14H,7H2,1-3H3. The number of aliphatic hydroxyl groups excluding tert-OH is 1. The monoisotopic (exact) mass is 212 g/mol. The van der Waals surface area contributed by atoms with Gasteiger partial charge in [-0.1, -0.05) is 37.6 Å². The molecule has 0 aliphatic rings. The zero-order valence-electron chi connectivity index (χ0n) is 8.92. The SMILES string of the molecule is Cc1ccc(CC(O)C(C)C)c(Cl)c1. The first kappa shape index (κ1) is 11.5. The van der Waals surface area contributed by atoms with Crippen molar-refractivity contribution in [3.05, 3.63) is 34.3 Å². The first-order valence-corrected chi connectivity index (χ1v) is 5.31. The molecule has 0 bridgehead atoms. The molecule has 0 fully saturated rings. The molecule has 0 aliphatic carbocycles. The second-order valence-corrected chi connectivity index (χ2v) is 4.52. The summed E-state index contributed by atoms with van der Waals surface area (Å²) in [7, 11) is 0. The fraction of sp³-hybridized carbons (Fsp3) is 0.500. The lowest BCUT2D eigenvalue weighted by Crippen LogP contribution is -2.17. The van der Waals surface area contributed by atoms with Gasteiger partial charge in [0.15, 0.2) is 0 Å². The van der Waals surface area contributed by atoms with Crippen molar-refractivity contribution >= 4 is 11.6 Å². The third-order valence-corrected chi connectivity index (χ3v) is 2.76. The topological polar surface area (TPSA) is 20.2 Å². The zero-order chi connectivity index (χ0) is 10.7. The molecule has 0 spiro atoms. The van der Waals surface area contributed by atoms with E-state index in [1.807, 2.05) is 39.0 Å². The van der Waals surface area contributed by atoms with Crippen molar-refractivity contribution in [2.24, 2.45) is 5.92 Å². The minimum Gasteiger partial charge on any atom is -0.393 e. The number of rotatable bonds is 3. The summed E-state index contributed by atoms with van der Waals surface area (Å²) in [6.45, 7) is 6.02. The summed E-state index contributed by atoms with van der Waals surface area (Å²) < 4.78 is 0. The van der Waals surface area contributed by atoms with E-state index in [0.717, 1.165) is 16.1 Å². The van der Waals surface area contributed by atoms with Crippen molar-refractivity contribution in [1.29, 1.82) is 0 Å². The molecule has 78 valence electrons. The average molecular weight is 213 g/mol. The van der Waals surface area contributed by atoms with Gasteiger partial charge >= 0.3 is 0 Å². The summed E-state index contributed by atoms with van der Waals surface area (Å²) >= 11 is 6.07. The van der Waals surface area contributed by atoms with Crippen molar-refractivity contribution in [3.63, 3.8) is 0 Å². The van der Waals surface area contributed by atoms with Crippen LogP contribution in [0.4, 0.5) is 0 Å². The predicted molar refractivity (Wildman–Crippen MR) is 60.7 cm³/mol. The maximum absolute atomic E-state index is 9.71. The lowest BCUT2D eigenvalue weighted by Gasteiger charge is -2.15. The Morgan fingerprint density at radius 3 is 2.50 bits per heavy atom. The fourth-order valence-electron chi connectivity index (χ4n) is 1.28. The van der Waals surface area contributed by atoms with Crippen LogP contribution in [0.3, 0.4) is 0 Å². The van der Waals surface area contributed by atoms with Crippen molar-refractivity contribution in [2.75, 3.05) is 0 Å². The van der Waals surface area contributed by atoms with E-state index in [1.165, 1.54) is 0 Å². The van der Waals surface area contributed by atoms with Gasteiger partial charge in [-0.3, -0.25) is 0 Å². The van der Waals surface area contributed by atoms with E-state index < -0.39 is 0 Å². The summed E-state index contributed by atoms with van der Waals surface area (Å²) in [4.78, 5) is 0. The average Bonchev–Trinajstić information content (AvgIpc) is 2.09. The number of halogens is 1. The Morgan fingerprint density at radius 2 is 2.00 bits per heavy atom. The minimum absolute atomic E-state index is 0.271. The Labute approximate surface area is 90.7 Å². The largest absolute Gasteiger partial charge is 0.393 e. The van der Waals surface area contributed by atoms with Gasteiger partial charge in [0, 0.05) is 11.4 Å². The number of hydrogen-bond donors (Lipinski definition) is 1. The fourth-order valence-corrected chi connectivity index (χ4v) is 1.59. The maximum Gasteiger partial charge on any atom is 0.0603 e. The van der Waals surface area contributed by atoms with Gasteiger partial charge in [-0.15, -0.1) is 0 Å². The number of hydrogen-bond acceptors (Lipinski definition) is 1. The Bertz CT molecular complexity index is 307. The molecule has 1 unspecified atom stereocenters. The van der Waals surface area contributed by atoms with Crippen LogP contribution in [-0.4, -0.2) is 11.2 Å². The van der Waals surface area contributed by atoms with Crippen LogP contribution < -0.4 is 0 Å². The molecule has 1 aromatic carbocycles. The molecular weight excluding hydrogens is 196 g/mol. The van der Waals surface area contributed by atoms with Gasteiger partial charge in [0.05, 0.1) is 6.10 Å². The summed E-state index contributed by atoms with van der Waals surface area (Å²) in [6.07, 6.45) is 0.326. The van der Waals surface area contributed by atoms with Crippen LogP contribution in [0.1, 0.15) is 25.0 Å². The third kappa shape index (κ3) is 3.00. The first-order chi connectivity index (χ1) is 6.50. The van der Waals surface area contributed by atoms with Crippen molar-refractivity contribution < 1.29 is 5.11 Å². The van der Waals surface area contributed by atoms with Crippen LogP contribution in [0.15, 0.2) is 18.2 Å². The molecule has 0 aliphatic heterocycles. The van der Waals surface area contributed by atoms with Crippen LogP contribution >= 0.6 is 11.6 Å². The van der Waals surface area contributed by atoms with Gasteiger partial charge in [0.1, 0.15) is 0 Å². The van der Waals surface area contributed by atoms with Crippen LogP contribution in [0.25, 0.3) is 0 Å². The number of aryl methyl sites for hydroxylation is 1. The maximum atomic E-state index is 9.71. The quantitative estimate of drug-likeness (QED) is 0.816. The predicted octanol–water partition coefficient (Wildman–Crippen LogP) is 3.21. The van der Waals surface area contributed by atoms with Gasteiger partial charge in [-0.25, -0.2) is 0 Å². The highest BCUT2D eigenvalue weighted by Gasteiger charge is 2.11. The highest BCUT2D eigenvalue weighted by atomic mass is 35.5. The van der Waals surface area contributed by atoms with Crippen molar-refractivity contribution in [3.8, 4) is 0 Å². The van der Waals surface area contributed by atoms with Crippen LogP contribution in [0.2, 0.25) is 5.02 Å². The lowest BCUT2D eigenvalue weighted by atomic mass is 9.99. The number of benzene rings is 1. The Balaban J connectivity index is 2.77. The molecule has 0 saturated carbocycles. The van der Waals surface area contributed by atoms with E-state index in [1.54, 1.807) is 0 Å². The molecule has 1 nitrogen and oxygen atoms in total. The van der Waals surface area contributed by atoms with Gasteiger partial charge in [0.25, 0.3) is 0 Å². The first-order valence-electron chi connectivity index (χ1n) is 4.94. The van der Waals surface area contributed by atoms with Gasteiger partial charge in [-0.2, -0.15) is 0 Å². The van der Waals surface area contributed by atoms with E-state index in [-0.39, 0.29) is 12.0 Å². The molecule has 1 N–H and O–H groups in total. The molecule has 0 radical (unpaired) electrons. The molecule has 0 heterocycles. The molecule has 1 aromatic rings. The second kappa shape index (κ2) is 4.81. The Hall–Kier alpha value is -0.530. The smallest absolute Gasteiger partial charge is 0.0603 e. The van der Waals surface area contributed by atoms with Gasteiger partial charge in [-0.05, 0) is 30.0 Å². The highest BCUT2D eigenvalue weighted by molar-refractivity contribution is 6.31. The van der Waals surface area contributed by atoms with E-state index in [4.69, 9.17) is 11.6 Å². The second-order valence-electron chi connectivity index (χ2n) is 4.11. The van der Waals surface area contributed by atoms with E-state index in [2.05, 4.69) is 0 Å². The molecule has 14 heavy (non-hydrogen) atoms. The summed E-state index contributed by atoms with van der Waals surface area (Å²) in [5.41, 5.74) is 2.18. The Kier molecular flexibility index (Phi) is 3.97. The zero-order valence-corrected chi connectivity index (χ0v) is 9.67. The molecule has 0 saturated heterocycles. The molecule has 0 amide bonds. The summed E-state index contributed by atoms with van der Waals surface area (Å²) in [6, 6.07) is 5.95. The molecule has 1 atom stereocenters. The van der Waals surface area contributed by atoms with Crippen LogP contribution in [0, 0.1) is 12.8 Å². The molecule has 1 rings (SSSR count). The van der Waals surface area contributed by atoms with Crippen molar-refractivity contribution in [2.45, 2.75) is 33.3 Å². The van der Waals surface area contributed by atoms with Gasteiger partial charge in [0.2, 0.25) is 0 Å². The molecule has 0 aromatic heterocycles. The van der Waals surface area contributed by atoms with Crippen LogP contribution in [-0.2, 0) is 6.42 Å². The lowest BCUT2D eigenvalue weighted by molar-refractivity contribution is 0.126. The Morgan fingerprint density at radius 1 is 1.36 bits per heavy atom. The van der Waals surface area contributed by atoms with Crippen molar-refractivity contribution in [1.82, 2.24) is 0 Å². The molecule has 2 heteroatoms. The number of aliphatic hydroxyl groups is 1. The third-order valence-electron chi connectivity index (χ3n) is 2.41. The minimum atomic E-state index is -0.310. The highest BCUT2D eigenvalue weighted by Crippen LogP contribution is 2.20. The van der Waals surface area contributed by atoms with E-state index >= 15 is 0 Å².